The lowest BCUT2D eigenvalue weighted by molar-refractivity contribution is 0.437. The van der Waals surface area contributed by atoms with E-state index in [9.17, 15) is 18.0 Å². The zero-order valence-corrected chi connectivity index (χ0v) is 17.8. The Morgan fingerprint density at radius 2 is 1.88 bits per heavy atom. The van der Waals surface area contributed by atoms with E-state index in [0.717, 1.165) is 45.8 Å². The summed E-state index contributed by atoms with van der Waals surface area (Å²) in [6, 6.07) is 5.84. The minimum atomic E-state index is -1.46. The lowest BCUT2D eigenvalue weighted by Gasteiger charge is -2.23. The average Bonchev–Trinajstić information content (AvgIpc) is 3.17. The topological polar surface area (TPSA) is 59.8 Å². The largest absolute Gasteiger partial charge is 0.310 e. The van der Waals surface area contributed by atoms with Crippen molar-refractivity contribution >= 4 is 21.6 Å². The summed E-state index contributed by atoms with van der Waals surface area (Å²) in [5.41, 5.74) is 2.32. The summed E-state index contributed by atoms with van der Waals surface area (Å²) >= 11 is 1.52. The number of nitrogens with zero attached hydrogens (tertiary/aromatic N) is 3. The summed E-state index contributed by atoms with van der Waals surface area (Å²) < 4.78 is 41.7. The number of hydrogen-bond acceptors (Lipinski definition) is 5. The van der Waals surface area contributed by atoms with Crippen molar-refractivity contribution in [2.24, 2.45) is 0 Å². The van der Waals surface area contributed by atoms with Crippen molar-refractivity contribution < 1.29 is 13.2 Å². The molecule has 3 aromatic heterocycles. The summed E-state index contributed by atoms with van der Waals surface area (Å²) in [4.78, 5) is 23.5. The third-order valence-corrected chi connectivity index (χ3v) is 6.94. The number of benzene rings is 1. The molecule has 1 unspecified atom stereocenters. The molecule has 0 fully saturated rings. The Hall–Kier alpha value is -3.04. The molecule has 4 aromatic rings. The van der Waals surface area contributed by atoms with E-state index in [0.29, 0.717) is 23.9 Å². The molecule has 0 radical (unpaired) electrons. The molecule has 164 valence electrons. The van der Waals surface area contributed by atoms with Gasteiger partial charge >= 0.3 is 0 Å². The van der Waals surface area contributed by atoms with Gasteiger partial charge in [-0.1, -0.05) is 0 Å². The first-order valence-corrected chi connectivity index (χ1v) is 11.1. The van der Waals surface area contributed by atoms with E-state index in [1.54, 1.807) is 23.3 Å². The van der Waals surface area contributed by atoms with Crippen molar-refractivity contribution in [3.8, 4) is 0 Å². The second kappa shape index (κ2) is 8.48. The third-order valence-electron chi connectivity index (χ3n) is 5.78. The van der Waals surface area contributed by atoms with Gasteiger partial charge in [0.15, 0.2) is 17.5 Å². The van der Waals surface area contributed by atoms with E-state index < -0.39 is 17.5 Å². The molecule has 1 aliphatic rings. The lowest BCUT2D eigenvalue weighted by Crippen LogP contribution is -2.34. The molecule has 0 saturated heterocycles. The maximum Gasteiger partial charge on any atom is 0.262 e. The van der Waals surface area contributed by atoms with Gasteiger partial charge in [-0.05, 0) is 60.2 Å². The van der Waals surface area contributed by atoms with Gasteiger partial charge in [0.05, 0.1) is 18.3 Å². The standard InChI is InChI=1S/C23H19F3N4OS/c24-17-7-14(8-18(25)21(17)26)10-28-15-1-2-16-19(9-15)32-22-20(16)23(31)30(12-29-22)11-13-3-5-27-6-4-13/h3-8,12,15,28H,1-2,9-11H2. The van der Waals surface area contributed by atoms with Crippen LogP contribution in [-0.2, 0) is 25.9 Å². The normalized spacial score (nSPS) is 15.8. The van der Waals surface area contributed by atoms with Crippen LogP contribution in [0.5, 0.6) is 0 Å². The van der Waals surface area contributed by atoms with E-state index in [-0.39, 0.29) is 18.1 Å². The smallest absolute Gasteiger partial charge is 0.262 e. The van der Waals surface area contributed by atoms with Crippen molar-refractivity contribution in [2.75, 3.05) is 0 Å². The Morgan fingerprint density at radius 1 is 1.12 bits per heavy atom. The second-order valence-electron chi connectivity index (χ2n) is 7.91. The number of thiophene rings is 1. The highest BCUT2D eigenvalue weighted by molar-refractivity contribution is 7.18. The third kappa shape index (κ3) is 3.93. The Labute approximate surface area is 185 Å². The number of aromatic nitrogens is 3. The van der Waals surface area contributed by atoms with Gasteiger partial charge in [-0.3, -0.25) is 14.3 Å². The van der Waals surface area contributed by atoms with Gasteiger partial charge in [-0.25, -0.2) is 18.2 Å². The zero-order valence-electron chi connectivity index (χ0n) is 16.9. The fraction of sp³-hybridized carbons (Fsp3) is 0.261. The van der Waals surface area contributed by atoms with Crippen molar-refractivity contribution in [2.45, 2.75) is 38.4 Å². The highest BCUT2D eigenvalue weighted by Gasteiger charge is 2.25. The first-order valence-electron chi connectivity index (χ1n) is 10.2. The molecule has 5 rings (SSSR count). The minimum absolute atomic E-state index is 0.0482. The van der Waals surface area contributed by atoms with Crippen molar-refractivity contribution in [1.29, 1.82) is 0 Å². The van der Waals surface area contributed by atoms with Crippen molar-refractivity contribution in [3.05, 3.63) is 92.4 Å². The molecule has 0 bridgehead atoms. The Balaban J connectivity index is 1.35. The molecule has 9 heteroatoms. The highest BCUT2D eigenvalue weighted by atomic mass is 32.1. The molecule has 5 nitrogen and oxygen atoms in total. The van der Waals surface area contributed by atoms with Gasteiger partial charge in [0.25, 0.3) is 5.56 Å². The first kappa shape index (κ1) is 20.8. The summed E-state index contributed by atoms with van der Waals surface area (Å²) in [5, 5.41) is 3.98. The monoisotopic (exact) mass is 456 g/mol. The summed E-state index contributed by atoms with van der Waals surface area (Å²) in [5.74, 6) is -3.83. The molecule has 1 N–H and O–H groups in total. The maximum absolute atomic E-state index is 13.4. The van der Waals surface area contributed by atoms with Crippen LogP contribution in [0.2, 0.25) is 0 Å². The maximum atomic E-state index is 13.4. The molecule has 1 aliphatic carbocycles. The lowest BCUT2D eigenvalue weighted by atomic mass is 9.93. The number of halogens is 3. The molecule has 1 aromatic carbocycles. The van der Waals surface area contributed by atoms with Crippen LogP contribution in [0.15, 0.2) is 47.8 Å². The number of nitrogens with one attached hydrogen (secondary N) is 1. The first-order chi connectivity index (χ1) is 15.5. The molecule has 1 atom stereocenters. The van der Waals surface area contributed by atoms with Crippen molar-refractivity contribution in [3.63, 3.8) is 0 Å². The highest BCUT2D eigenvalue weighted by Crippen LogP contribution is 2.33. The second-order valence-corrected chi connectivity index (χ2v) is 8.99. The van der Waals surface area contributed by atoms with E-state index >= 15 is 0 Å². The van der Waals surface area contributed by atoms with Crippen LogP contribution < -0.4 is 10.9 Å². The van der Waals surface area contributed by atoms with Crippen LogP contribution in [0.25, 0.3) is 10.2 Å². The zero-order chi connectivity index (χ0) is 22.2. The van der Waals surface area contributed by atoms with Crippen LogP contribution >= 0.6 is 11.3 Å². The molecular weight excluding hydrogens is 437 g/mol. The van der Waals surface area contributed by atoms with Crippen LogP contribution in [0, 0.1) is 17.5 Å². The summed E-state index contributed by atoms with van der Waals surface area (Å²) in [6.07, 6.45) is 7.17. The van der Waals surface area contributed by atoms with Crippen molar-refractivity contribution in [1.82, 2.24) is 19.9 Å². The number of rotatable bonds is 5. The van der Waals surface area contributed by atoms with Gasteiger partial charge < -0.3 is 5.32 Å². The Morgan fingerprint density at radius 3 is 2.62 bits per heavy atom. The summed E-state index contributed by atoms with van der Waals surface area (Å²) in [6.45, 7) is 0.667. The number of hydrogen-bond donors (Lipinski definition) is 1. The number of fused-ring (bicyclic) bond motifs is 3. The molecule has 0 amide bonds. The van der Waals surface area contributed by atoms with Crippen LogP contribution in [0.1, 0.15) is 28.0 Å². The average molecular weight is 456 g/mol. The number of aryl methyl sites for hydroxylation is 1. The molecule has 0 aliphatic heterocycles. The minimum Gasteiger partial charge on any atom is -0.310 e. The fourth-order valence-corrected chi connectivity index (χ4v) is 5.40. The molecule has 0 spiro atoms. The van der Waals surface area contributed by atoms with Crippen LogP contribution in [0.4, 0.5) is 13.2 Å². The van der Waals surface area contributed by atoms with Gasteiger partial charge in [0.2, 0.25) is 0 Å². The predicted octanol–water partition coefficient (Wildman–Crippen LogP) is 3.97. The van der Waals surface area contributed by atoms with E-state index in [1.807, 2.05) is 12.1 Å². The van der Waals surface area contributed by atoms with Crippen LogP contribution in [-0.4, -0.2) is 20.6 Å². The van der Waals surface area contributed by atoms with Gasteiger partial charge in [-0.2, -0.15) is 0 Å². The molecule has 32 heavy (non-hydrogen) atoms. The molecule has 3 heterocycles. The van der Waals surface area contributed by atoms with Crippen LogP contribution in [0.3, 0.4) is 0 Å². The van der Waals surface area contributed by atoms with Gasteiger partial charge in [0, 0.05) is 29.9 Å². The fourth-order valence-electron chi connectivity index (χ4n) is 4.15. The van der Waals surface area contributed by atoms with E-state index in [1.165, 1.54) is 11.3 Å². The molecular formula is C23H19F3N4OS. The van der Waals surface area contributed by atoms with Gasteiger partial charge in [-0.15, -0.1) is 11.3 Å². The predicted molar refractivity (Wildman–Crippen MR) is 116 cm³/mol. The quantitative estimate of drug-likeness (QED) is 0.462. The van der Waals surface area contributed by atoms with Gasteiger partial charge in [0.1, 0.15) is 4.83 Å². The van der Waals surface area contributed by atoms with E-state index in [2.05, 4.69) is 15.3 Å². The molecule has 0 saturated carbocycles. The Bertz CT molecular complexity index is 1330. The SMILES string of the molecule is O=c1c2c3c(sc2ncn1Cc1ccncc1)CC(NCc1cc(F)c(F)c(F)c1)CC3. The van der Waals surface area contributed by atoms with E-state index in [4.69, 9.17) is 0 Å². The summed E-state index contributed by atoms with van der Waals surface area (Å²) in [7, 11) is 0. The number of pyridine rings is 1. The Kier molecular flexibility index (Phi) is 5.52.